The van der Waals surface area contributed by atoms with Gasteiger partial charge in [0, 0.05) is 24.3 Å². The van der Waals surface area contributed by atoms with Crippen LogP contribution >= 0.6 is 11.6 Å². The molecule has 1 amide bonds. The number of amides is 1. The molecule has 5 nitrogen and oxygen atoms in total. The average Bonchev–Trinajstić information content (AvgIpc) is 3.13. The Morgan fingerprint density at radius 1 is 1.15 bits per heavy atom. The number of likely N-dealkylation sites (tertiary alicyclic amines) is 1. The Morgan fingerprint density at radius 2 is 1.93 bits per heavy atom. The number of halogens is 1. The molecule has 3 aromatic rings. The smallest absolute Gasteiger partial charge is 0.271 e. The lowest BCUT2D eigenvalue weighted by molar-refractivity contribution is 0.0930. The van der Waals surface area contributed by atoms with Crippen molar-refractivity contribution in [2.45, 2.75) is 19.4 Å². The van der Waals surface area contributed by atoms with Crippen LogP contribution in [0, 0.1) is 5.92 Å². The van der Waals surface area contributed by atoms with Crippen LogP contribution in [0.1, 0.15) is 28.9 Å². The molecule has 1 aromatic carbocycles. The molecule has 0 saturated carbocycles. The Hall–Kier alpha value is -2.37. The van der Waals surface area contributed by atoms with E-state index in [4.69, 9.17) is 11.6 Å². The molecule has 1 N–H and O–H groups in total. The van der Waals surface area contributed by atoms with Crippen LogP contribution in [0.25, 0.3) is 5.52 Å². The third kappa shape index (κ3) is 4.49. The molecule has 4 rings (SSSR count). The van der Waals surface area contributed by atoms with E-state index in [0.717, 1.165) is 43.0 Å². The molecule has 0 bridgehead atoms. The normalized spacial score (nSPS) is 15.9. The van der Waals surface area contributed by atoms with Crippen LogP contribution < -0.4 is 5.32 Å². The molecule has 0 atom stereocenters. The van der Waals surface area contributed by atoms with Crippen LogP contribution in [0.15, 0.2) is 54.7 Å². The van der Waals surface area contributed by atoms with Gasteiger partial charge in [0.1, 0.15) is 0 Å². The second-order valence-corrected chi connectivity index (χ2v) is 7.59. The Kier molecular flexibility index (Phi) is 5.41. The van der Waals surface area contributed by atoms with Crippen molar-refractivity contribution >= 4 is 23.0 Å². The zero-order valence-electron chi connectivity index (χ0n) is 15.1. The number of fused-ring (bicyclic) bond motifs is 1. The molecule has 1 saturated heterocycles. The number of aromatic nitrogens is 2. The van der Waals surface area contributed by atoms with Crippen LogP contribution in [0.2, 0.25) is 5.02 Å². The highest BCUT2D eigenvalue weighted by Crippen LogP contribution is 2.19. The average molecular weight is 383 g/mol. The Labute approximate surface area is 163 Å². The third-order valence-corrected chi connectivity index (χ3v) is 5.43. The van der Waals surface area contributed by atoms with E-state index >= 15 is 0 Å². The van der Waals surface area contributed by atoms with E-state index in [2.05, 4.69) is 27.4 Å². The minimum Gasteiger partial charge on any atom is -0.350 e. The molecular weight excluding hydrogens is 360 g/mol. The highest BCUT2D eigenvalue weighted by atomic mass is 35.5. The van der Waals surface area contributed by atoms with Gasteiger partial charge in [0.25, 0.3) is 5.91 Å². The lowest BCUT2D eigenvalue weighted by atomic mass is 9.96. The number of nitrogens with one attached hydrogen (secondary N) is 1. The van der Waals surface area contributed by atoms with Crippen LogP contribution in [0.4, 0.5) is 0 Å². The van der Waals surface area contributed by atoms with E-state index < -0.39 is 0 Å². The first-order valence-electron chi connectivity index (χ1n) is 9.37. The minimum atomic E-state index is -0.0951. The molecule has 0 unspecified atom stereocenters. The van der Waals surface area contributed by atoms with Crippen LogP contribution in [0.3, 0.4) is 0 Å². The number of rotatable bonds is 5. The van der Waals surface area contributed by atoms with Gasteiger partial charge in [-0.15, -0.1) is 0 Å². The van der Waals surface area contributed by atoms with Gasteiger partial charge in [-0.3, -0.25) is 9.69 Å². The monoisotopic (exact) mass is 382 g/mol. The van der Waals surface area contributed by atoms with Gasteiger partial charge in [-0.2, -0.15) is 5.10 Å². The van der Waals surface area contributed by atoms with E-state index in [-0.39, 0.29) is 5.91 Å². The topological polar surface area (TPSA) is 49.6 Å². The summed E-state index contributed by atoms with van der Waals surface area (Å²) in [4.78, 5) is 14.8. The van der Waals surface area contributed by atoms with Crippen molar-refractivity contribution in [3.05, 3.63) is 71.0 Å². The fourth-order valence-electron chi connectivity index (χ4n) is 3.57. The highest BCUT2D eigenvalue weighted by Gasteiger charge is 2.20. The summed E-state index contributed by atoms with van der Waals surface area (Å²) in [6.45, 7) is 3.77. The Bertz CT molecular complexity index is 880. The SMILES string of the molecule is O=C(NCC1CCN(Cc2ccc(Cl)cc2)CC1)c1cc2ccccn2n1. The van der Waals surface area contributed by atoms with Crippen molar-refractivity contribution in [1.29, 1.82) is 0 Å². The van der Waals surface area contributed by atoms with Gasteiger partial charge in [-0.25, -0.2) is 4.52 Å². The van der Waals surface area contributed by atoms with Crippen molar-refractivity contribution < 1.29 is 4.79 Å². The molecule has 0 aliphatic carbocycles. The number of pyridine rings is 1. The molecule has 0 spiro atoms. The first-order chi connectivity index (χ1) is 13.2. The second-order valence-electron chi connectivity index (χ2n) is 7.16. The van der Waals surface area contributed by atoms with Crippen molar-refractivity contribution in [3.63, 3.8) is 0 Å². The fourth-order valence-corrected chi connectivity index (χ4v) is 3.70. The fraction of sp³-hybridized carbons (Fsp3) is 0.333. The number of hydrogen-bond acceptors (Lipinski definition) is 3. The Morgan fingerprint density at radius 3 is 2.67 bits per heavy atom. The summed E-state index contributed by atoms with van der Waals surface area (Å²) >= 11 is 5.95. The molecule has 1 aliphatic rings. The van der Waals surface area contributed by atoms with Crippen LogP contribution in [-0.2, 0) is 6.54 Å². The second kappa shape index (κ2) is 8.11. The molecule has 3 heterocycles. The molecule has 1 aliphatic heterocycles. The largest absolute Gasteiger partial charge is 0.350 e. The minimum absolute atomic E-state index is 0.0951. The summed E-state index contributed by atoms with van der Waals surface area (Å²) in [5.41, 5.74) is 2.69. The van der Waals surface area contributed by atoms with E-state index in [1.54, 1.807) is 4.52 Å². The summed E-state index contributed by atoms with van der Waals surface area (Å²) in [6.07, 6.45) is 4.04. The van der Waals surface area contributed by atoms with Gasteiger partial charge < -0.3 is 5.32 Å². The van der Waals surface area contributed by atoms with E-state index in [1.165, 1.54) is 5.56 Å². The van der Waals surface area contributed by atoms with E-state index in [0.29, 0.717) is 18.2 Å². The molecule has 0 radical (unpaired) electrons. The zero-order chi connectivity index (χ0) is 18.6. The van der Waals surface area contributed by atoms with Gasteiger partial charge in [0.05, 0.1) is 5.52 Å². The van der Waals surface area contributed by atoms with Crippen molar-refractivity contribution in [2.24, 2.45) is 5.92 Å². The molecule has 140 valence electrons. The summed E-state index contributed by atoms with van der Waals surface area (Å²) in [5, 5.41) is 8.16. The molecule has 6 heteroatoms. The number of carbonyl (C=O) groups excluding carboxylic acids is 1. The summed E-state index contributed by atoms with van der Waals surface area (Å²) in [5.74, 6) is 0.426. The first-order valence-corrected chi connectivity index (χ1v) is 9.74. The maximum absolute atomic E-state index is 12.4. The van der Waals surface area contributed by atoms with E-state index in [9.17, 15) is 4.79 Å². The molecule has 27 heavy (non-hydrogen) atoms. The molecule has 2 aromatic heterocycles. The molecule has 1 fully saturated rings. The Balaban J connectivity index is 1.24. The first kappa shape index (κ1) is 18.0. The van der Waals surface area contributed by atoms with Crippen LogP contribution in [0.5, 0.6) is 0 Å². The number of hydrogen-bond donors (Lipinski definition) is 1. The van der Waals surface area contributed by atoms with Gasteiger partial charge in [0.15, 0.2) is 5.69 Å². The number of nitrogens with zero attached hydrogens (tertiary/aromatic N) is 3. The van der Waals surface area contributed by atoms with Gasteiger partial charge >= 0.3 is 0 Å². The third-order valence-electron chi connectivity index (χ3n) is 5.18. The summed E-state index contributed by atoms with van der Waals surface area (Å²) < 4.78 is 1.73. The lowest BCUT2D eigenvalue weighted by Crippen LogP contribution is -2.38. The number of benzene rings is 1. The molecular formula is C21H23ClN4O. The highest BCUT2D eigenvalue weighted by molar-refractivity contribution is 6.30. The maximum Gasteiger partial charge on any atom is 0.271 e. The van der Waals surface area contributed by atoms with Crippen molar-refractivity contribution in [1.82, 2.24) is 19.8 Å². The summed E-state index contributed by atoms with van der Waals surface area (Å²) in [6, 6.07) is 15.7. The quantitative estimate of drug-likeness (QED) is 0.733. The van der Waals surface area contributed by atoms with Gasteiger partial charge in [-0.1, -0.05) is 29.8 Å². The van der Waals surface area contributed by atoms with Crippen LogP contribution in [-0.4, -0.2) is 40.1 Å². The van der Waals surface area contributed by atoms with E-state index in [1.807, 2.05) is 42.6 Å². The lowest BCUT2D eigenvalue weighted by Gasteiger charge is -2.32. The number of piperidine rings is 1. The van der Waals surface area contributed by atoms with Gasteiger partial charge in [-0.05, 0) is 67.7 Å². The predicted molar refractivity (Wildman–Crippen MR) is 107 cm³/mol. The number of carbonyl (C=O) groups is 1. The van der Waals surface area contributed by atoms with Crippen molar-refractivity contribution in [3.8, 4) is 0 Å². The summed E-state index contributed by atoms with van der Waals surface area (Å²) in [7, 11) is 0. The standard InChI is InChI=1S/C21H23ClN4O/c22-18-6-4-17(5-7-18)15-25-11-8-16(9-12-25)14-23-21(27)20-13-19-3-1-2-10-26(19)24-20/h1-7,10,13,16H,8-9,11-12,14-15H2,(H,23,27). The predicted octanol–water partition coefficient (Wildman–Crippen LogP) is 3.63. The zero-order valence-corrected chi connectivity index (χ0v) is 15.9. The maximum atomic E-state index is 12.4. The van der Waals surface area contributed by atoms with Gasteiger partial charge in [0.2, 0.25) is 0 Å². The van der Waals surface area contributed by atoms with Crippen molar-refractivity contribution in [2.75, 3.05) is 19.6 Å².